The number of unbranched alkanes of at least 4 members (excludes halogenated alkanes) is 2. The van der Waals surface area contributed by atoms with E-state index >= 15 is 0 Å². The Morgan fingerprint density at radius 2 is 1.92 bits per heavy atom. The summed E-state index contributed by atoms with van der Waals surface area (Å²) in [6.45, 7) is 4.23. The minimum Gasteiger partial charge on any atom is -0.481 e. The number of carbonyl (C=O) groups is 2. The third-order valence-electron chi connectivity index (χ3n) is 4.26. The van der Waals surface area contributed by atoms with Gasteiger partial charge in [-0.3, -0.25) is 19.0 Å². The molecule has 0 aliphatic carbocycles. The lowest BCUT2D eigenvalue weighted by atomic mass is 10.0. The fraction of sp³-hybridized carbons (Fsp3) is 0.474. The molecule has 1 amide bonds. The molecule has 2 aromatic rings. The van der Waals surface area contributed by atoms with Gasteiger partial charge in [-0.05, 0) is 30.9 Å². The van der Waals surface area contributed by atoms with Crippen molar-refractivity contribution in [3.8, 4) is 0 Å². The Hall–Kier alpha value is -2.70. The highest BCUT2D eigenvalue weighted by Crippen LogP contribution is 2.17. The van der Waals surface area contributed by atoms with Gasteiger partial charge in [0.25, 0.3) is 5.56 Å². The summed E-state index contributed by atoms with van der Waals surface area (Å²) in [4.78, 5) is 40.1. The monoisotopic (exact) mass is 359 g/mol. The van der Waals surface area contributed by atoms with Crippen LogP contribution in [-0.4, -0.2) is 33.1 Å². The van der Waals surface area contributed by atoms with Gasteiger partial charge in [-0.2, -0.15) is 0 Å². The summed E-state index contributed by atoms with van der Waals surface area (Å²) in [6.07, 6.45) is 3.60. The molecule has 2 rings (SSSR count). The number of hydrogen-bond acceptors (Lipinski definition) is 4. The lowest BCUT2D eigenvalue weighted by Crippen LogP contribution is -2.40. The molecule has 0 fully saturated rings. The molecule has 2 N–H and O–H groups in total. The van der Waals surface area contributed by atoms with Crippen LogP contribution in [0, 0.1) is 5.92 Å². The van der Waals surface area contributed by atoms with Gasteiger partial charge in [0.2, 0.25) is 5.91 Å². The number of para-hydroxylation sites is 1. The van der Waals surface area contributed by atoms with E-state index in [0.717, 1.165) is 6.42 Å². The Bertz CT molecular complexity index is 829. The Balaban J connectivity index is 2.06. The maximum atomic E-state index is 12.7. The predicted molar refractivity (Wildman–Crippen MR) is 99.0 cm³/mol. The zero-order chi connectivity index (χ0) is 19.1. The van der Waals surface area contributed by atoms with Crippen LogP contribution in [0.15, 0.2) is 35.4 Å². The first kappa shape index (κ1) is 19.6. The number of nitrogens with one attached hydrogen (secondary N) is 1. The number of carboxylic acids is 1. The summed E-state index contributed by atoms with van der Waals surface area (Å²) in [5, 5.41) is 12.0. The molecule has 1 unspecified atom stereocenters. The number of fused-ring (bicyclic) bond motifs is 1. The molecule has 1 atom stereocenters. The molecule has 0 aliphatic heterocycles. The van der Waals surface area contributed by atoms with Crippen LogP contribution >= 0.6 is 0 Å². The van der Waals surface area contributed by atoms with Crippen LogP contribution in [0.3, 0.4) is 0 Å². The fourth-order valence-electron chi connectivity index (χ4n) is 2.93. The van der Waals surface area contributed by atoms with E-state index in [1.165, 1.54) is 10.9 Å². The minimum absolute atomic E-state index is 0.0809. The smallest absolute Gasteiger partial charge is 0.303 e. The molecule has 1 heterocycles. The fourth-order valence-corrected chi connectivity index (χ4v) is 2.93. The van der Waals surface area contributed by atoms with Crippen LogP contribution in [0.2, 0.25) is 0 Å². The second kappa shape index (κ2) is 9.12. The molecule has 0 radical (unpaired) electrons. The molecule has 7 heteroatoms. The molecule has 1 aromatic heterocycles. The topological polar surface area (TPSA) is 101 Å². The molecule has 7 nitrogen and oxygen atoms in total. The van der Waals surface area contributed by atoms with Crippen molar-refractivity contribution in [1.29, 1.82) is 0 Å². The highest BCUT2D eigenvalue weighted by atomic mass is 16.4. The van der Waals surface area contributed by atoms with Gasteiger partial charge < -0.3 is 10.4 Å². The molecular weight excluding hydrogens is 334 g/mol. The van der Waals surface area contributed by atoms with Crippen molar-refractivity contribution in [2.75, 3.05) is 6.54 Å². The number of nitrogens with zero attached hydrogens (tertiary/aromatic N) is 2. The molecule has 140 valence electrons. The second-order valence-corrected chi connectivity index (χ2v) is 6.66. The first-order valence-electron chi connectivity index (χ1n) is 8.87. The van der Waals surface area contributed by atoms with Crippen LogP contribution in [0.25, 0.3) is 10.9 Å². The molecule has 0 saturated heterocycles. The van der Waals surface area contributed by atoms with Crippen molar-refractivity contribution < 1.29 is 14.7 Å². The highest BCUT2D eigenvalue weighted by Gasteiger charge is 2.25. The number of aliphatic carboxylic acids is 1. The second-order valence-electron chi connectivity index (χ2n) is 6.66. The Morgan fingerprint density at radius 3 is 2.62 bits per heavy atom. The molecule has 0 bridgehead atoms. The number of amides is 1. The van der Waals surface area contributed by atoms with Gasteiger partial charge in [-0.25, -0.2) is 4.98 Å². The third kappa shape index (κ3) is 4.91. The third-order valence-corrected chi connectivity index (χ3v) is 4.26. The van der Waals surface area contributed by atoms with Crippen molar-refractivity contribution in [2.45, 2.75) is 45.6 Å². The standard InChI is InChI=1S/C19H25N3O4/c1-13(2)17(18(25)20-11-7-3-4-10-16(23)24)22-12-21-15-9-6-5-8-14(15)19(22)26/h5-6,8-9,12-13,17H,3-4,7,10-11H2,1-2H3,(H,20,25)(H,23,24). The van der Waals surface area contributed by atoms with Crippen LogP contribution in [0.1, 0.15) is 45.6 Å². The molecule has 1 aromatic carbocycles. The average molecular weight is 359 g/mol. The van der Waals surface area contributed by atoms with E-state index in [2.05, 4.69) is 10.3 Å². The van der Waals surface area contributed by atoms with Gasteiger partial charge in [0.1, 0.15) is 6.04 Å². The Kier molecular flexibility index (Phi) is 6.89. The molecule has 0 saturated carbocycles. The summed E-state index contributed by atoms with van der Waals surface area (Å²) in [6, 6.07) is 6.42. The summed E-state index contributed by atoms with van der Waals surface area (Å²) in [5.41, 5.74) is 0.376. The lowest BCUT2D eigenvalue weighted by Gasteiger charge is -2.22. The van der Waals surface area contributed by atoms with Crippen LogP contribution < -0.4 is 10.9 Å². The minimum atomic E-state index is -0.808. The van der Waals surface area contributed by atoms with Crippen LogP contribution in [0.5, 0.6) is 0 Å². The zero-order valence-electron chi connectivity index (χ0n) is 15.1. The largest absolute Gasteiger partial charge is 0.481 e. The van der Waals surface area contributed by atoms with E-state index in [1.54, 1.807) is 18.2 Å². The summed E-state index contributed by atoms with van der Waals surface area (Å²) < 4.78 is 1.40. The molecule has 0 spiro atoms. The van der Waals surface area contributed by atoms with E-state index in [4.69, 9.17) is 5.11 Å². The van der Waals surface area contributed by atoms with Gasteiger partial charge in [0.15, 0.2) is 0 Å². The number of carbonyl (C=O) groups excluding carboxylic acids is 1. The van der Waals surface area contributed by atoms with Crippen molar-refractivity contribution in [3.63, 3.8) is 0 Å². The van der Waals surface area contributed by atoms with Gasteiger partial charge in [-0.15, -0.1) is 0 Å². The van der Waals surface area contributed by atoms with E-state index in [1.807, 2.05) is 19.9 Å². The SMILES string of the molecule is CC(C)C(C(=O)NCCCCCC(=O)O)n1cnc2ccccc2c1=O. The van der Waals surface area contributed by atoms with E-state index in [-0.39, 0.29) is 23.8 Å². The summed E-state index contributed by atoms with van der Waals surface area (Å²) in [5.74, 6) is -1.11. The number of hydrogen-bond donors (Lipinski definition) is 2. The van der Waals surface area contributed by atoms with Crippen LogP contribution in [-0.2, 0) is 9.59 Å². The quantitative estimate of drug-likeness (QED) is 0.669. The van der Waals surface area contributed by atoms with Crippen molar-refractivity contribution in [1.82, 2.24) is 14.9 Å². The Morgan fingerprint density at radius 1 is 1.19 bits per heavy atom. The van der Waals surface area contributed by atoms with E-state index < -0.39 is 12.0 Å². The highest BCUT2D eigenvalue weighted by molar-refractivity contribution is 5.82. The average Bonchev–Trinajstić information content (AvgIpc) is 2.60. The maximum Gasteiger partial charge on any atom is 0.303 e. The number of benzene rings is 1. The predicted octanol–water partition coefficient (Wildman–Crippen LogP) is 2.35. The van der Waals surface area contributed by atoms with Gasteiger partial charge in [0, 0.05) is 13.0 Å². The van der Waals surface area contributed by atoms with E-state index in [0.29, 0.717) is 30.3 Å². The molecule has 26 heavy (non-hydrogen) atoms. The summed E-state index contributed by atoms with van der Waals surface area (Å²) in [7, 11) is 0. The number of aromatic nitrogens is 2. The van der Waals surface area contributed by atoms with E-state index in [9.17, 15) is 14.4 Å². The van der Waals surface area contributed by atoms with Crippen molar-refractivity contribution in [2.24, 2.45) is 5.92 Å². The molecule has 0 aliphatic rings. The maximum absolute atomic E-state index is 12.7. The normalized spacial score (nSPS) is 12.3. The summed E-state index contributed by atoms with van der Waals surface area (Å²) >= 11 is 0. The first-order valence-corrected chi connectivity index (χ1v) is 8.87. The molecular formula is C19H25N3O4. The number of rotatable bonds is 9. The van der Waals surface area contributed by atoms with Crippen molar-refractivity contribution >= 4 is 22.8 Å². The zero-order valence-corrected chi connectivity index (χ0v) is 15.1. The Labute approximate surface area is 152 Å². The van der Waals surface area contributed by atoms with Crippen molar-refractivity contribution in [3.05, 3.63) is 40.9 Å². The number of carboxylic acid groups (broad SMARTS) is 1. The lowest BCUT2D eigenvalue weighted by molar-refractivity contribution is -0.137. The van der Waals surface area contributed by atoms with Crippen LogP contribution in [0.4, 0.5) is 0 Å². The van der Waals surface area contributed by atoms with Gasteiger partial charge in [0.05, 0.1) is 17.2 Å². The first-order chi connectivity index (χ1) is 12.4. The van der Waals surface area contributed by atoms with Gasteiger partial charge in [-0.1, -0.05) is 32.4 Å². The van der Waals surface area contributed by atoms with Gasteiger partial charge >= 0.3 is 5.97 Å².